The molecule has 0 radical (unpaired) electrons. The zero-order valence-corrected chi connectivity index (χ0v) is 17.3. The molecule has 9 nitrogen and oxygen atoms in total. The first kappa shape index (κ1) is 20.3. The number of nitro benzene ring substituents is 1. The van der Waals surface area contributed by atoms with E-state index in [-0.39, 0.29) is 28.9 Å². The molecular formula is C23H21N3O6. The lowest BCUT2D eigenvalue weighted by Gasteiger charge is -2.28. The predicted molar refractivity (Wildman–Crippen MR) is 113 cm³/mol. The number of nitrogens with zero attached hydrogens (tertiary/aromatic N) is 3. The van der Waals surface area contributed by atoms with E-state index in [0.717, 1.165) is 17.7 Å². The van der Waals surface area contributed by atoms with Gasteiger partial charge in [-0.25, -0.2) is 4.90 Å². The maximum atomic E-state index is 13.6. The normalized spacial score (nSPS) is 26.8. The highest BCUT2D eigenvalue weighted by molar-refractivity contribution is 6.25. The molecule has 3 aliphatic heterocycles. The number of hydrogen-bond donors (Lipinski definition) is 0. The van der Waals surface area contributed by atoms with Crippen molar-refractivity contribution in [3.63, 3.8) is 0 Å². The van der Waals surface area contributed by atoms with Crippen molar-refractivity contribution in [1.82, 2.24) is 4.90 Å². The number of Topliss-reactive ketones (excluding diaryl/α,β-unsaturated/α-hetero) is 1. The molecule has 3 aliphatic rings. The van der Waals surface area contributed by atoms with E-state index < -0.39 is 34.6 Å². The van der Waals surface area contributed by atoms with Gasteiger partial charge in [-0.2, -0.15) is 0 Å². The molecule has 2 aromatic rings. The van der Waals surface area contributed by atoms with Crippen molar-refractivity contribution in [3.8, 4) is 5.75 Å². The van der Waals surface area contributed by atoms with Gasteiger partial charge in [-0.15, -0.1) is 0 Å². The fourth-order valence-electron chi connectivity index (χ4n) is 5.49. The third kappa shape index (κ3) is 2.85. The Hall–Kier alpha value is -3.59. The van der Waals surface area contributed by atoms with Crippen molar-refractivity contribution in [1.29, 1.82) is 0 Å². The van der Waals surface area contributed by atoms with E-state index in [1.54, 1.807) is 24.3 Å². The zero-order valence-electron chi connectivity index (χ0n) is 17.3. The van der Waals surface area contributed by atoms with E-state index in [9.17, 15) is 24.5 Å². The lowest BCUT2D eigenvalue weighted by Crippen LogP contribution is -2.46. The number of fused-ring (bicyclic) bond motifs is 3. The van der Waals surface area contributed by atoms with Gasteiger partial charge in [0.1, 0.15) is 11.4 Å². The summed E-state index contributed by atoms with van der Waals surface area (Å²) in [5.41, 5.74) is 0.287. The van der Waals surface area contributed by atoms with Gasteiger partial charge in [0.05, 0.1) is 29.9 Å². The molecule has 0 bridgehead atoms. The van der Waals surface area contributed by atoms with Gasteiger partial charge >= 0.3 is 0 Å². The van der Waals surface area contributed by atoms with Gasteiger partial charge in [0.25, 0.3) is 5.69 Å². The van der Waals surface area contributed by atoms with Crippen LogP contribution in [-0.2, 0) is 9.59 Å². The second kappa shape index (κ2) is 7.52. The number of amides is 2. The summed E-state index contributed by atoms with van der Waals surface area (Å²) >= 11 is 0. The lowest BCUT2D eigenvalue weighted by molar-refractivity contribution is -0.384. The molecule has 0 aliphatic carbocycles. The molecule has 0 N–H and O–H groups in total. The van der Waals surface area contributed by atoms with E-state index >= 15 is 0 Å². The molecule has 3 saturated heterocycles. The number of carbonyl (C=O) groups excluding carboxylic acids is 3. The number of non-ortho nitro benzene ring substituents is 1. The Morgan fingerprint density at radius 2 is 1.81 bits per heavy atom. The van der Waals surface area contributed by atoms with Crippen molar-refractivity contribution >= 4 is 29.0 Å². The van der Waals surface area contributed by atoms with E-state index in [1.165, 1.54) is 25.3 Å². The van der Waals surface area contributed by atoms with Crippen molar-refractivity contribution in [2.24, 2.45) is 11.8 Å². The minimum atomic E-state index is -0.829. The van der Waals surface area contributed by atoms with Crippen molar-refractivity contribution in [3.05, 3.63) is 64.2 Å². The molecule has 3 fully saturated rings. The molecule has 9 heteroatoms. The molecule has 0 saturated carbocycles. The molecule has 5 rings (SSSR count). The number of carbonyl (C=O) groups is 3. The number of imide groups is 1. The van der Waals surface area contributed by atoms with Crippen LogP contribution in [0.15, 0.2) is 48.5 Å². The van der Waals surface area contributed by atoms with Gasteiger partial charge in [0, 0.05) is 23.7 Å². The fraction of sp³-hybridized carbons (Fsp3) is 0.348. The fourth-order valence-corrected chi connectivity index (χ4v) is 5.49. The van der Waals surface area contributed by atoms with Crippen LogP contribution in [0.4, 0.5) is 11.4 Å². The average Bonchev–Trinajstić information content (AvgIpc) is 3.45. The van der Waals surface area contributed by atoms with E-state index in [1.807, 2.05) is 11.0 Å². The Kier molecular flexibility index (Phi) is 4.78. The SMILES string of the molecule is COc1ccc([N+](=O)[O-])cc1N1C(=O)[C@@H]2[C@H](C1=O)[C@@H]1CCCN1[C@@H]2C(=O)c1ccccc1. The Labute approximate surface area is 183 Å². The van der Waals surface area contributed by atoms with Gasteiger partial charge in [-0.3, -0.25) is 29.4 Å². The summed E-state index contributed by atoms with van der Waals surface area (Å²) in [4.78, 5) is 54.3. The summed E-state index contributed by atoms with van der Waals surface area (Å²) in [5, 5.41) is 11.3. The van der Waals surface area contributed by atoms with Crippen molar-refractivity contribution < 1.29 is 24.0 Å². The van der Waals surface area contributed by atoms with Gasteiger partial charge in [-0.1, -0.05) is 30.3 Å². The Balaban J connectivity index is 1.59. The largest absolute Gasteiger partial charge is 0.495 e. The first-order chi connectivity index (χ1) is 15.4. The smallest absolute Gasteiger partial charge is 0.271 e. The van der Waals surface area contributed by atoms with Gasteiger partial charge in [0.15, 0.2) is 5.78 Å². The summed E-state index contributed by atoms with van der Waals surface area (Å²) in [6.45, 7) is 0.654. The first-order valence-corrected chi connectivity index (χ1v) is 10.5. The molecule has 2 aromatic carbocycles. The van der Waals surface area contributed by atoms with Crippen LogP contribution < -0.4 is 9.64 Å². The minimum Gasteiger partial charge on any atom is -0.495 e. The summed E-state index contributed by atoms with van der Waals surface area (Å²) in [6.07, 6.45) is 1.56. The second-order valence-corrected chi connectivity index (χ2v) is 8.30. The summed E-state index contributed by atoms with van der Waals surface area (Å²) < 4.78 is 5.30. The monoisotopic (exact) mass is 435 g/mol. The molecular weight excluding hydrogens is 414 g/mol. The van der Waals surface area contributed by atoms with Crippen LogP contribution in [0.3, 0.4) is 0 Å². The quantitative estimate of drug-likeness (QED) is 0.307. The van der Waals surface area contributed by atoms with Crippen LogP contribution in [0.25, 0.3) is 0 Å². The number of rotatable bonds is 5. The lowest BCUT2D eigenvalue weighted by atomic mass is 9.85. The molecule has 2 amide bonds. The van der Waals surface area contributed by atoms with Crippen molar-refractivity contribution in [2.45, 2.75) is 24.9 Å². The molecule has 32 heavy (non-hydrogen) atoms. The van der Waals surface area contributed by atoms with Crippen molar-refractivity contribution in [2.75, 3.05) is 18.6 Å². The van der Waals surface area contributed by atoms with Crippen LogP contribution in [0, 0.1) is 22.0 Å². The number of hydrogen-bond acceptors (Lipinski definition) is 7. The van der Waals surface area contributed by atoms with Crippen LogP contribution >= 0.6 is 0 Å². The Bertz CT molecular complexity index is 1130. The molecule has 3 heterocycles. The number of benzene rings is 2. The highest BCUT2D eigenvalue weighted by atomic mass is 16.6. The number of anilines is 1. The highest BCUT2D eigenvalue weighted by Gasteiger charge is 2.65. The van der Waals surface area contributed by atoms with Crippen LogP contribution in [-0.4, -0.2) is 53.2 Å². The Morgan fingerprint density at radius 1 is 1.09 bits per heavy atom. The summed E-state index contributed by atoms with van der Waals surface area (Å²) in [7, 11) is 1.37. The highest BCUT2D eigenvalue weighted by Crippen LogP contribution is 2.49. The first-order valence-electron chi connectivity index (χ1n) is 10.5. The predicted octanol–water partition coefficient (Wildman–Crippen LogP) is 2.44. The molecule has 0 aromatic heterocycles. The second-order valence-electron chi connectivity index (χ2n) is 8.30. The van der Waals surface area contributed by atoms with E-state index in [2.05, 4.69) is 0 Å². The van der Waals surface area contributed by atoms with Gasteiger partial charge < -0.3 is 4.74 Å². The number of nitro groups is 1. The number of ketones is 1. The maximum absolute atomic E-state index is 13.6. The molecule has 4 atom stereocenters. The Morgan fingerprint density at radius 3 is 2.50 bits per heavy atom. The average molecular weight is 435 g/mol. The number of methoxy groups -OCH3 is 1. The third-order valence-corrected chi connectivity index (χ3v) is 6.79. The topological polar surface area (TPSA) is 110 Å². The minimum absolute atomic E-state index is 0.0431. The molecule has 0 unspecified atom stereocenters. The zero-order chi connectivity index (χ0) is 22.6. The summed E-state index contributed by atoms with van der Waals surface area (Å²) in [6, 6.07) is 11.6. The van der Waals surface area contributed by atoms with Crippen LogP contribution in [0.1, 0.15) is 23.2 Å². The standard InChI is InChI=1S/C23H21N3O6/c1-32-17-10-9-14(26(30)31)12-16(17)25-22(28)18-15-8-5-11-24(15)20(19(18)23(25)29)21(27)13-6-3-2-4-7-13/h2-4,6-7,9-10,12,15,18-20H,5,8,11H2,1H3/t15-,18+,19+,20-/m0/s1. The van der Waals surface area contributed by atoms with Crippen LogP contribution in [0.5, 0.6) is 5.75 Å². The number of ether oxygens (including phenoxy) is 1. The molecule has 0 spiro atoms. The third-order valence-electron chi connectivity index (χ3n) is 6.79. The van der Waals surface area contributed by atoms with E-state index in [4.69, 9.17) is 4.74 Å². The van der Waals surface area contributed by atoms with Gasteiger partial charge in [-0.05, 0) is 25.5 Å². The van der Waals surface area contributed by atoms with Crippen LogP contribution in [0.2, 0.25) is 0 Å². The molecule has 164 valence electrons. The maximum Gasteiger partial charge on any atom is 0.271 e. The van der Waals surface area contributed by atoms with E-state index in [0.29, 0.717) is 12.1 Å². The van der Waals surface area contributed by atoms with Gasteiger partial charge in [0.2, 0.25) is 11.8 Å². The summed E-state index contributed by atoms with van der Waals surface area (Å²) in [5.74, 6) is -2.43.